The van der Waals surface area contributed by atoms with Gasteiger partial charge in [0.15, 0.2) is 0 Å². The molecule has 0 aromatic carbocycles. The van der Waals surface area contributed by atoms with E-state index in [0.717, 1.165) is 30.3 Å². The van der Waals surface area contributed by atoms with Crippen LogP contribution in [0, 0.1) is 0 Å². The maximum atomic E-state index is 10.2. The molecule has 0 bridgehead atoms. The van der Waals surface area contributed by atoms with Crippen molar-refractivity contribution in [2.24, 2.45) is 0 Å². The number of aliphatic hydroxyl groups is 1. The van der Waals surface area contributed by atoms with Crippen molar-refractivity contribution in [1.82, 2.24) is 9.55 Å². The second kappa shape index (κ2) is 3.95. The average molecular weight is 212 g/mol. The Bertz CT molecular complexity index is 305. The van der Waals surface area contributed by atoms with Crippen LogP contribution in [0.25, 0.3) is 0 Å². The fourth-order valence-electron chi connectivity index (χ4n) is 1.83. The molecule has 0 spiro atoms. The molecule has 78 valence electrons. The lowest BCUT2D eigenvalue weighted by Crippen LogP contribution is -2.32. The molecule has 1 N–H and O–H groups in total. The van der Waals surface area contributed by atoms with Crippen LogP contribution in [0.2, 0.25) is 0 Å². The van der Waals surface area contributed by atoms with Gasteiger partial charge < -0.3 is 9.67 Å². The number of imidazole rings is 1. The van der Waals surface area contributed by atoms with Crippen molar-refractivity contribution in [3.8, 4) is 0 Å². The second-order valence-electron chi connectivity index (χ2n) is 3.83. The van der Waals surface area contributed by atoms with Crippen molar-refractivity contribution >= 4 is 11.8 Å². The third kappa shape index (κ3) is 1.96. The molecule has 1 unspecified atom stereocenters. The van der Waals surface area contributed by atoms with Gasteiger partial charge >= 0.3 is 0 Å². The van der Waals surface area contributed by atoms with Crippen LogP contribution in [0.15, 0.2) is 12.4 Å². The normalized spacial score (nSPS) is 27.0. The van der Waals surface area contributed by atoms with E-state index < -0.39 is 5.60 Å². The van der Waals surface area contributed by atoms with Crippen molar-refractivity contribution in [2.45, 2.75) is 31.9 Å². The molecule has 1 atom stereocenters. The van der Waals surface area contributed by atoms with E-state index in [1.54, 1.807) is 0 Å². The predicted molar refractivity (Wildman–Crippen MR) is 58.5 cm³/mol. The Morgan fingerprint density at radius 3 is 3.21 bits per heavy atom. The van der Waals surface area contributed by atoms with Gasteiger partial charge in [-0.3, -0.25) is 0 Å². The molecule has 0 aliphatic carbocycles. The number of aryl methyl sites for hydroxylation is 1. The first-order chi connectivity index (χ1) is 6.73. The quantitative estimate of drug-likeness (QED) is 0.821. The predicted octanol–water partition coefficient (Wildman–Crippen LogP) is 1.31. The monoisotopic (exact) mass is 212 g/mol. The molecule has 14 heavy (non-hydrogen) atoms. The number of hydrogen-bond acceptors (Lipinski definition) is 3. The molecular formula is C10H16N2OS. The molecule has 4 heteroatoms. The third-order valence-corrected chi connectivity index (χ3v) is 3.95. The van der Waals surface area contributed by atoms with Crippen molar-refractivity contribution in [1.29, 1.82) is 0 Å². The van der Waals surface area contributed by atoms with Crippen LogP contribution in [0.4, 0.5) is 0 Å². The van der Waals surface area contributed by atoms with Crippen molar-refractivity contribution in [3.05, 3.63) is 18.2 Å². The van der Waals surface area contributed by atoms with Crippen molar-refractivity contribution in [2.75, 3.05) is 11.5 Å². The lowest BCUT2D eigenvalue weighted by Gasteiger charge is -2.20. The first-order valence-electron chi connectivity index (χ1n) is 5.04. The van der Waals surface area contributed by atoms with Gasteiger partial charge in [0.05, 0.1) is 5.60 Å². The summed E-state index contributed by atoms with van der Waals surface area (Å²) < 4.78 is 2.10. The van der Waals surface area contributed by atoms with Crippen LogP contribution >= 0.6 is 11.8 Å². The molecule has 0 amide bonds. The largest absolute Gasteiger partial charge is 0.389 e. The number of aromatic nitrogens is 2. The standard InChI is InChI=1S/C10H16N2OS/c1-2-12-5-4-11-9(12)7-10(13)3-6-14-8-10/h4-5,13H,2-3,6-8H2,1H3. The molecule has 1 aromatic rings. The SMILES string of the molecule is CCn1ccnc1CC1(O)CCSC1. The molecule has 1 aromatic heterocycles. The minimum Gasteiger partial charge on any atom is -0.389 e. The van der Waals surface area contributed by atoms with Gasteiger partial charge in [-0.1, -0.05) is 0 Å². The van der Waals surface area contributed by atoms with Crippen LogP contribution in [-0.4, -0.2) is 31.8 Å². The molecule has 1 saturated heterocycles. The maximum absolute atomic E-state index is 10.2. The summed E-state index contributed by atoms with van der Waals surface area (Å²) in [6, 6.07) is 0. The third-order valence-electron chi connectivity index (χ3n) is 2.71. The number of hydrogen-bond donors (Lipinski definition) is 1. The topological polar surface area (TPSA) is 38.0 Å². The van der Waals surface area contributed by atoms with Gasteiger partial charge in [0, 0.05) is 31.1 Å². The van der Waals surface area contributed by atoms with E-state index in [-0.39, 0.29) is 0 Å². The minimum absolute atomic E-state index is 0.511. The fourth-order valence-corrected chi connectivity index (χ4v) is 3.12. The number of thioether (sulfide) groups is 1. The molecule has 3 nitrogen and oxygen atoms in total. The summed E-state index contributed by atoms with van der Waals surface area (Å²) in [5, 5.41) is 10.2. The summed E-state index contributed by atoms with van der Waals surface area (Å²) in [6.45, 7) is 3.02. The maximum Gasteiger partial charge on any atom is 0.111 e. The van der Waals surface area contributed by atoms with Crippen LogP contribution < -0.4 is 0 Å². The molecule has 1 fully saturated rings. The Hall–Kier alpha value is -0.480. The number of nitrogens with zero attached hydrogens (tertiary/aromatic N) is 2. The molecule has 2 heterocycles. The lowest BCUT2D eigenvalue weighted by atomic mass is 9.99. The van der Waals surface area contributed by atoms with Gasteiger partial charge in [0.1, 0.15) is 5.82 Å². The molecular weight excluding hydrogens is 196 g/mol. The molecule has 1 aliphatic rings. The van der Waals surface area contributed by atoms with E-state index in [4.69, 9.17) is 0 Å². The molecule has 0 saturated carbocycles. The summed E-state index contributed by atoms with van der Waals surface area (Å²) in [5.41, 5.74) is -0.511. The van der Waals surface area contributed by atoms with Crippen LogP contribution in [0.5, 0.6) is 0 Å². The summed E-state index contributed by atoms with van der Waals surface area (Å²) in [6.07, 6.45) is 5.38. The van der Waals surface area contributed by atoms with Gasteiger partial charge in [0.2, 0.25) is 0 Å². The summed E-state index contributed by atoms with van der Waals surface area (Å²) in [4.78, 5) is 4.29. The van der Waals surface area contributed by atoms with E-state index in [2.05, 4.69) is 16.5 Å². The zero-order valence-corrected chi connectivity index (χ0v) is 9.26. The van der Waals surface area contributed by atoms with Crippen molar-refractivity contribution < 1.29 is 5.11 Å². The first-order valence-corrected chi connectivity index (χ1v) is 6.19. The van der Waals surface area contributed by atoms with E-state index >= 15 is 0 Å². The first kappa shape index (κ1) is 10.1. The Morgan fingerprint density at radius 1 is 1.71 bits per heavy atom. The van der Waals surface area contributed by atoms with Gasteiger partial charge in [0.25, 0.3) is 0 Å². The van der Waals surface area contributed by atoms with Crippen LogP contribution in [0.3, 0.4) is 0 Å². The van der Waals surface area contributed by atoms with Gasteiger partial charge in [-0.25, -0.2) is 4.98 Å². The number of rotatable bonds is 3. The molecule has 0 radical (unpaired) electrons. The summed E-state index contributed by atoms with van der Waals surface area (Å²) in [7, 11) is 0. The van der Waals surface area contributed by atoms with E-state index in [0.29, 0.717) is 6.42 Å². The minimum atomic E-state index is -0.511. The highest BCUT2D eigenvalue weighted by atomic mass is 32.2. The Labute approximate surface area is 88.5 Å². The van der Waals surface area contributed by atoms with E-state index in [9.17, 15) is 5.11 Å². The Balaban J connectivity index is 2.09. The van der Waals surface area contributed by atoms with Crippen molar-refractivity contribution in [3.63, 3.8) is 0 Å². The van der Waals surface area contributed by atoms with Gasteiger partial charge in [-0.2, -0.15) is 11.8 Å². The molecule has 2 rings (SSSR count). The Kier molecular flexibility index (Phi) is 2.83. The van der Waals surface area contributed by atoms with Crippen LogP contribution in [-0.2, 0) is 13.0 Å². The Morgan fingerprint density at radius 2 is 2.57 bits per heavy atom. The van der Waals surface area contributed by atoms with Crippen LogP contribution in [0.1, 0.15) is 19.2 Å². The average Bonchev–Trinajstić information content (AvgIpc) is 2.75. The zero-order chi connectivity index (χ0) is 10.0. The summed E-state index contributed by atoms with van der Waals surface area (Å²) >= 11 is 1.83. The molecule has 1 aliphatic heterocycles. The van der Waals surface area contributed by atoms with Gasteiger partial charge in [-0.05, 0) is 19.1 Å². The zero-order valence-electron chi connectivity index (χ0n) is 8.44. The highest BCUT2D eigenvalue weighted by Gasteiger charge is 2.33. The van der Waals surface area contributed by atoms with E-state index in [1.165, 1.54) is 0 Å². The lowest BCUT2D eigenvalue weighted by molar-refractivity contribution is 0.0656. The second-order valence-corrected chi connectivity index (χ2v) is 4.94. The van der Waals surface area contributed by atoms with E-state index in [1.807, 2.05) is 24.2 Å². The fraction of sp³-hybridized carbons (Fsp3) is 0.700. The smallest absolute Gasteiger partial charge is 0.111 e. The summed E-state index contributed by atoms with van der Waals surface area (Å²) in [5.74, 6) is 2.94. The highest BCUT2D eigenvalue weighted by Crippen LogP contribution is 2.30. The van der Waals surface area contributed by atoms with Gasteiger partial charge in [-0.15, -0.1) is 0 Å². The highest BCUT2D eigenvalue weighted by molar-refractivity contribution is 7.99.